The first-order chi connectivity index (χ1) is 7.93. The topological polar surface area (TPSA) is 35.0 Å². The number of halogens is 4. The average Bonchev–Trinajstić information content (AvgIpc) is 2.22. The Kier molecular flexibility index (Phi) is 5.48. The third-order valence-electron chi connectivity index (χ3n) is 1.71. The molecule has 0 aliphatic heterocycles. The summed E-state index contributed by atoms with van der Waals surface area (Å²) in [5, 5.41) is -0.178. The molecule has 96 valence electrons. The van der Waals surface area contributed by atoms with Crippen LogP contribution in [-0.2, 0) is 10.9 Å². The second kappa shape index (κ2) is 6.42. The van der Waals surface area contributed by atoms with Crippen LogP contribution in [0.2, 0.25) is 5.28 Å². The normalized spacial score (nSPS) is 11.8. The second-order valence-electron chi connectivity index (χ2n) is 3.05. The zero-order valence-corrected chi connectivity index (χ0v) is 10.5. The minimum atomic E-state index is -4.51. The lowest BCUT2D eigenvalue weighted by Crippen LogP contribution is -2.09. The molecule has 0 fully saturated rings. The highest BCUT2D eigenvalue weighted by molar-refractivity contribution is 7.99. The van der Waals surface area contributed by atoms with E-state index in [1.54, 1.807) is 7.11 Å². The van der Waals surface area contributed by atoms with E-state index in [0.29, 0.717) is 12.4 Å². The second-order valence-corrected chi connectivity index (χ2v) is 4.51. The van der Waals surface area contributed by atoms with E-state index in [1.165, 1.54) is 11.8 Å². The van der Waals surface area contributed by atoms with E-state index >= 15 is 0 Å². The third-order valence-corrected chi connectivity index (χ3v) is 2.88. The van der Waals surface area contributed by atoms with E-state index in [-0.39, 0.29) is 5.03 Å². The summed E-state index contributed by atoms with van der Waals surface area (Å²) in [5.74, 6) is 0.610. The van der Waals surface area contributed by atoms with Crippen LogP contribution in [0.5, 0.6) is 0 Å². The van der Waals surface area contributed by atoms with Crippen molar-refractivity contribution < 1.29 is 17.9 Å². The molecular formula is C9H10ClF3N2OS. The van der Waals surface area contributed by atoms with Crippen molar-refractivity contribution in [1.29, 1.82) is 0 Å². The zero-order chi connectivity index (χ0) is 12.9. The third kappa shape index (κ3) is 5.10. The van der Waals surface area contributed by atoms with E-state index in [2.05, 4.69) is 9.97 Å². The van der Waals surface area contributed by atoms with E-state index in [4.69, 9.17) is 16.3 Å². The fourth-order valence-electron chi connectivity index (χ4n) is 0.996. The van der Waals surface area contributed by atoms with Crippen LogP contribution in [0, 0.1) is 0 Å². The number of rotatable bonds is 5. The minimum Gasteiger partial charge on any atom is -0.385 e. The summed E-state index contributed by atoms with van der Waals surface area (Å²) in [6.45, 7) is 0.554. The van der Waals surface area contributed by atoms with Crippen LogP contribution in [0.25, 0.3) is 0 Å². The van der Waals surface area contributed by atoms with Crippen LogP contribution in [-0.4, -0.2) is 29.4 Å². The van der Waals surface area contributed by atoms with Crippen molar-refractivity contribution >= 4 is 23.4 Å². The lowest BCUT2D eigenvalue weighted by molar-refractivity contribution is -0.141. The van der Waals surface area contributed by atoms with Crippen molar-refractivity contribution in [2.75, 3.05) is 19.5 Å². The highest BCUT2D eigenvalue weighted by Crippen LogP contribution is 2.30. The van der Waals surface area contributed by atoms with Gasteiger partial charge in [-0.05, 0) is 18.0 Å². The number of thioether (sulfide) groups is 1. The van der Waals surface area contributed by atoms with Crippen LogP contribution in [0.15, 0.2) is 11.1 Å². The van der Waals surface area contributed by atoms with Crippen LogP contribution in [0.1, 0.15) is 12.1 Å². The molecule has 0 unspecified atom stereocenters. The molecule has 0 bridgehead atoms. The van der Waals surface area contributed by atoms with Crippen molar-refractivity contribution in [2.24, 2.45) is 0 Å². The smallest absolute Gasteiger partial charge is 0.385 e. The Balaban J connectivity index is 2.69. The summed E-state index contributed by atoms with van der Waals surface area (Å²) < 4.78 is 42.1. The van der Waals surface area contributed by atoms with Gasteiger partial charge in [0.1, 0.15) is 5.03 Å². The minimum absolute atomic E-state index is 0.216. The summed E-state index contributed by atoms with van der Waals surface area (Å²) in [4.78, 5) is 6.86. The fourth-order valence-corrected chi connectivity index (χ4v) is 2.05. The van der Waals surface area contributed by atoms with Crippen LogP contribution < -0.4 is 0 Å². The van der Waals surface area contributed by atoms with Crippen LogP contribution in [0.3, 0.4) is 0 Å². The van der Waals surface area contributed by atoms with Gasteiger partial charge in [0, 0.05) is 25.5 Å². The molecule has 0 aliphatic rings. The van der Waals surface area contributed by atoms with Gasteiger partial charge in [0.15, 0.2) is 5.69 Å². The van der Waals surface area contributed by atoms with Crippen molar-refractivity contribution in [2.45, 2.75) is 17.6 Å². The van der Waals surface area contributed by atoms with Gasteiger partial charge < -0.3 is 4.74 Å². The van der Waals surface area contributed by atoms with Gasteiger partial charge in [-0.2, -0.15) is 13.2 Å². The molecule has 8 heteroatoms. The summed E-state index contributed by atoms with van der Waals surface area (Å²) in [7, 11) is 1.56. The number of methoxy groups -OCH3 is 1. The molecule has 0 aliphatic carbocycles. The van der Waals surface area contributed by atoms with Crippen LogP contribution in [0.4, 0.5) is 13.2 Å². The average molecular weight is 287 g/mol. The molecule has 1 rings (SSSR count). The van der Waals surface area contributed by atoms with Crippen molar-refractivity contribution in [3.63, 3.8) is 0 Å². The summed E-state index contributed by atoms with van der Waals surface area (Å²) >= 11 is 6.63. The van der Waals surface area contributed by atoms with Gasteiger partial charge in [-0.25, -0.2) is 9.97 Å². The Hall–Kier alpha value is -0.530. The molecule has 0 aromatic carbocycles. The molecule has 0 amide bonds. The number of aromatic nitrogens is 2. The predicted octanol–water partition coefficient (Wildman–Crippen LogP) is 3.28. The first-order valence-corrected chi connectivity index (χ1v) is 6.03. The van der Waals surface area contributed by atoms with E-state index in [0.717, 1.165) is 12.5 Å². The number of nitrogens with zero attached hydrogens (tertiary/aromatic N) is 2. The van der Waals surface area contributed by atoms with Crippen molar-refractivity contribution in [1.82, 2.24) is 9.97 Å². The lowest BCUT2D eigenvalue weighted by Gasteiger charge is -2.07. The molecule has 0 radical (unpaired) electrons. The largest absolute Gasteiger partial charge is 0.433 e. The number of hydrogen-bond acceptors (Lipinski definition) is 4. The SMILES string of the molecule is COCCCSc1cc(C(F)(F)F)nc(Cl)n1. The lowest BCUT2D eigenvalue weighted by atomic mass is 10.4. The first kappa shape index (κ1) is 14.5. The van der Waals surface area contributed by atoms with Gasteiger partial charge in [-0.15, -0.1) is 11.8 Å². The van der Waals surface area contributed by atoms with Crippen molar-refractivity contribution in [3.05, 3.63) is 17.0 Å². The summed E-state index contributed by atoms with van der Waals surface area (Å²) in [6, 6.07) is 0.892. The molecule has 1 aromatic rings. The Labute approximate surface area is 106 Å². The molecule has 0 saturated carbocycles. The van der Waals surface area contributed by atoms with Gasteiger partial charge in [0.25, 0.3) is 0 Å². The fraction of sp³-hybridized carbons (Fsp3) is 0.556. The molecule has 0 N–H and O–H groups in total. The predicted molar refractivity (Wildman–Crippen MR) is 59.3 cm³/mol. The Morgan fingerprint density at radius 2 is 2.12 bits per heavy atom. The quantitative estimate of drug-likeness (QED) is 0.360. The zero-order valence-electron chi connectivity index (χ0n) is 8.92. The first-order valence-electron chi connectivity index (χ1n) is 4.67. The van der Waals surface area contributed by atoms with Gasteiger partial charge in [-0.1, -0.05) is 0 Å². The Bertz CT molecular complexity index is 376. The Morgan fingerprint density at radius 3 is 2.71 bits per heavy atom. The Morgan fingerprint density at radius 1 is 1.41 bits per heavy atom. The number of ether oxygens (including phenoxy) is 1. The van der Waals surface area contributed by atoms with Crippen molar-refractivity contribution in [3.8, 4) is 0 Å². The van der Waals surface area contributed by atoms with Gasteiger partial charge >= 0.3 is 6.18 Å². The van der Waals surface area contributed by atoms with Gasteiger partial charge in [0.05, 0.1) is 0 Å². The maximum atomic E-state index is 12.4. The van der Waals surface area contributed by atoms with E-state index in [1.807, 2.05) is 0 Å². The summed E-state index contributed by atoms with van der Waals surface area (Å²) in [5.41, 5.74) is -1.02. The van der Waals surface area contributed by atoms with Gasteiger partial charge in [0.2, 0.25) is 5.28 Å². The molecule has 1 aromatic heterocycles. The number of alkyl halides is 3. The molecule has 0 atom stereocenters. The highest BCUT2D eigenvalue weighted by Gasteiger charge is 2.33. The van der Waals surface area contributed by atoms with E-state index < -0.39 is 17.2 Å². The summed E-state index contributed by atoms with van der Waals surface area (Å²) in [6.07, 6.45) is -3.78. The maximum Gasteiger partial charge on any atom is 0.433 e. The van der Waals surface area contributed by atoms with E-state index in [9.17, 15) is 13.2 Å². The molecule has 17 heavy (non-hydrogen) atoms. The molecule has 1 heterocycles. The maximum absolute atomic E-state index is 12.4. The molecule has 0 saturated heterocycles. The molecule has 3 nitrogen and oxygen atoms in total. The highest BCUT2D eigenvalue weighted by atomic mass is 35.5. The number of hydrogen-bond donors (Lipinski definition) is 0. The standard InChI is InChI=1S/C9H10ClF3N2OS/c1-16-3-2-4-17-7-5-6(9(11,12)13)14-8(10)15-7/h5H,2-4H2,1H3. The monoisotopic (exact) mass is 286 g/mol. The van der Waals surface area contributed by atoms with Crippen LogP contribution >= 0.6 is 23.4 Å². The molecular weight excluding hydrogens is 277 g/mol. The molecule has 0 spiro atoms. The van der Waals surface area contributed by atoms with Gasteiger partial charge in [-0.3, -0.25) is 0 Å².